The third kappa shape index (κ3) is 11.3. The molecule has 9 N–H and O–H groups in total. The van der Waals surface area contributed by atoms with Gasteiger partial charge < -0.3 is 41.7 Å². The van der Waals surface area contributed by atoms with E-state index in [1.54, 1.807) is 38.1 Å². The number of halogens is 1. The van der Waals surface area contributed by atoms with Gasteiger partial charge in [0.05, 0.1) is 49.7 Å². The molecule has 0 aromatic heterocycles. The molecule has 0 saturated carbocycles. The molecule has 0 radical (unpaired) electrons. The van der Waals surface area contributed by atoms with E-state index in [9.17, 15) is 9.59 Å². The molecule has 1 aromatic carbocycles. The summed E-state index contributed by atoms with van der Waals surface area (Å²) in [5, 5.41) is 5.80. The Bertz CT molecular complexity index is 1150. The summed E-state index contributed by atoms with van der Waals surface area (Å²) >= 11 is 9.98. The van der Waals surface area contributed by atoms with Crippen LogP contribution in [0.1, 0.15) is 25.3 Å². The summed E-state index contributed by atoms with van der Waals surface area (Å²) in [5.41, 5.74) is 7.70. The van der Waals surface area contributed by atoms with Gasteiger partial charge in [0.2, 0.25) is 0 Å². The van der Waals surface area contributed by atoms with Crippen molar-refractivity contribution in [1.82, 2.24) is 5.32 Å². The molecule has 0 bridgehead atoms. The Morgan fingerprint density at radius 1 is 1.13 bits per heavy atom. The average molecular weight is 569 g/mol. The van der Waals surface area contributed by atoms with E-state index in [2.05, 4.69) is 46.9 Å². The third-order valence-corrected chi connectivity index (χ3v) is 4.98. The zero-order valence-corrected chi connectivity index (χ0v) is 22.9. The summed E-state index contributed by atoms with van der Waals surface area (Å²) in [4.78, 5) is 25.5. The molecule has 0 aliphatic carbocycles. The highest BCUT2D eigenvalue weighted by Gasteiger charge is 2.39. The number of ether oxygens (including phenoxy) is 3. The number of esters is 2. The normalized spacial score (nSPS) is 12.9. The predicted molar refractivity (Wildman–Crippen MR) is 150 cm³/mol. The van der Waals surface area contributed by atoms with Crippen LogP contribution in [-0.2, 0) is 23.8 Å². The van der Waals surface area contributed by atoms with Crippen molar-refractivity contribution in [3.8, 4) is 35.4 Å². The van der Waals surface area contributed by atoms with Gasteiger partial charge in [0.1, 0.15) is 0 Å². The highest BCUT2D eigenvalue weighted by Crippen LogP contribution is 2.41. The lowest BCUT2D eigenvalue weighted by molar-refractivity contribution is -0.139. The average Bonchev–Trinajstić information content (AvgIpc) is 2.84. The first-order valence-electron chi connectivity index (χ1n) is 10.5. The fourth-order valence-electron chi connectivity index (χ4n) is 3.21. The van der Waals surface area contributed by atoms with Gasteiger partial charge >= 0.3 is 11.9 Å². The predicted octanol–water partition coefficient (Wildman–Crippen LogP) is 0.306. The van der Waals surface area contributed by atoms with Crippen LogP contribution in [0.25, 0.3) is 0 Å². The molecule has 10 nitrogen and oxygen atoms in total. The minimum atomic E-state index is -0.752. The van der Waals surface area contributed by atoms with E-state index >= 15 is 0 Å². The Morgan fingerprint density at radius 2 is 1.79 bits per heavy atom. The molecule has 0 saturated heterocycles. The molecule has 0 amide bonds. The smallest absolute Gasteiger partial charge is 0.336 e. The SMILES string of the molecule is C#CC#CC#CS.CCOC(=O)C1=C(COCCN)NC(C)=C(C(=O)OC)C1c1ccccc1Cl.O.O.O. The Balaban J connectivity index is -0.00000108. The van der Waals surface area contributed by atoms with E-state index in [-0.39, 0.29) is 35.2 Å². The topological polar surface area (TPSA) is 194 Å². The van der Waals surface area contributed by atoms with Crippen LogP contribution in [0.4, 0.5) is 0 Å². The highest BCUT2D eigenvalue weighted by atomic mass is 35.5. The van der Waals surface area contributed by atoms with Crippen LogP contribution in [0, 0.1) is 35.4 Å². The van der Waals surface area contributed by atoms with Gasteiger partial charge in [-0.05, 0) is 54.4 Å². The molecular weight excluding hydrogens is 536 g/mol. The van der Waals surface area contributed by atoms with E-state index < -0.39 is 17.9 Å². The fourth-order valence-corrected chi connectivity index (χ4v) is 3.51. The minimum absolute atomic E-state index is 0. The van der Waals surface area contributed by atoms with Gasteiger partial charge in [-0.1, -0.05) is 42.4 Å². The van der Waals surface area contributed by atoms with Gasteiger partial charge in [0.25, 0.3) is 0 Å². The quantitative estimate of drug-likeness (QED) is 0.173. The van der Waals surface area contributed by atoms with E-state index in [0.717, 1.165) is 0 Å². The lowest BCUT2D eigenvalue weighted by Crippen LogP contribution is -2.35. The Morgan fingerprint density at radius 3 is 2.32 bits per heavy atom. The van der Waals surface area contributed by atoms with Crippen molar-refractivity contribution in [2.24, 2.45) is 5.73 Å². The van der Waals surface area contributed by atoms with Crippen LogP contribution in [0.2, 0.25) is 5.02 Å². The van der Waals surface area contributed by atoms with E-state index in [1.165, 1.54) is 7.11 Å². The molecule has 38 heavy (non-hydrogen) atoms. The highest BCUT2D eigenvalue weighted by molar-refractivity contribution is 7.85. The Hall–Kier alpha value is -3.44. The number of carbonyl (C=O) groups is 2. The van der Waals surface area contributed by atoms with Gasteiger partial charge in [-0.15, -0.1) is 6.42 Å². The summed E-state index contributed by atoms with van der Waals surface area (Å²) in [6.07, 6.45) is 4.75. The van der Waals surface area contributed by atoms with Gasteiger partial charge in [-0.3, -0.25) is 0 Å². The third-order valence-electron chi connectivity index (χ3n) is 4.52. The molecule has 1 unspecified atom stereocenters. The first kappa shape index (κ1) is 39.1. The van der Waals surface area contributed by atoms with Crippen LogP contribution in [0.5, 0.6) is 0 Å². The largest absolute Gasteiger partial charge is 0.466 e. The maximum atomic E-state index is 12.9. The van der Waals surface area contributed by atoms with Crippen molar-refractivity contribution in [2.75, 3.05) is 33.5 Å². The number of dihydropyridines is 1. The summed E-state index contributed by atoms with van der Waals surface area (Å²) in [6.45, 7) is 4.42. The number of nitrogens with one attached hydrogen (secondary N) is 1. The van der Waals surface area contributed by atoms with Crippen LogP contribution in [-0.4, -0.2) is 61.8 Å². The van der Waals surface area contributed by atoms with E-state index in [1.807, 2.05) is 0 Å². The fraction of sp³-hybridized carbons (Fsp3) is 0.308. The molecule has 1 aliphatic heterocycles. The first-order chi connectivity index (χ1) is 16.9. The molecule has 1 aliphatic rings. The molecule has 0 spiro atoms. The van der Waals surface area contributed by atoms with Gasteiger partial charge in [0.15, 0.2) is 0 Å². The molecule has 1 heterocycles. The number of methoxy groups -OCH3 is 1. The molecular formula is C26H33ClN2O8S. The van der Waals surface area contributed by atoms with Crippen molar-refractivity contribution in [3.63, 3.8) is 0 Å². The number of allylic oxidation sites excluding steroid dienone is 1. The Labute approximate surface area is 233 Å². The van der Waals surface area contributed by atoms with Crippen LogP contribution in [0.15, 0.2) is 46.8 Å². The molecule has 0 fully saturated rings. The van der Waals surface area contributed by atoms with E-state index in [0.29, 0.717) is 40.7 Å². The molecule has 1 aromatic rings. The number of thiol groups is 1. The van der Waals surface area contributed by atoms with Crippen LogP contribution < -0.4 is 11.1 Å². The zero-order valence-electron chi connectivity index (χ0n) is 21.2. The summed E-state index contributed by atoms with van der Waals surface area (Å²) in [5.74, 6) is 7.27. The summed E-state index contributed by atoms with van der Waals surface area (Å²) in [6, 6.07) is 7.05. The van der Waals surface area contributed by atoms with Gasteiger partial charge in [-0.2, -0.15) is 0 Å². The van der Waals surface area contributed by atoms with Crippen molar-refractivity contribution >= 4 is 36.2 Å². The lowest BCUT2D eigenvalue weighted by atomic mass is 9.80. The summed E-state index contributed by atoms with van der Waals surface area (Å²) in [7, 11) is 1.29. The number of hydrogen-bond donors (Lipinski definition) is 3. The zero-order chi connectivity index (χ0) is 26.2. The van der Waals surface area contributed by atoms with E-state index in [4.69, 9.17) is 38.0 Å². The van der Waals surface area contributed by atoms with Crippen molar-refractivity contribution in [2.45, 2.75) is 19.8 Å². The number of benzene rings is 1. The molecule has 12 heteroatoms. The lowest BCUT2D eigenvalue weighted by Gasteiger charge is -2.31. The van der Waals surface area contributed by atoms with Crippen molar-refractivity contribution < 1.29 is 40.2 Å². The monoisotopic (exact) mass is 568 g/mol. The minimum Gasteiger partial charge on any atom is -0.466 e. The second-order valence-electron chi connectivity index (χ2n) is 6.69. The molecule has 2 rings (SSSR count). The number of terminal acetylenes is 1. The van der Waals surface area contributed by atoms with Crippen LogP contribution in [0.3, 0.4) is 0 Å². The molecule has 1 atom stereocenters. The molecule has 208 valence electrons. The number of hydrogen-bond acceptors (Lipinski definition) is 8. The second-order valence-corrected chi connectivity index (χ2v) is 7.33. The van der Waals surface area contributed by atoms with Gasteiger partial charge in [-0.25, -0.2) is 9.59 Å². The first-order valence-corrected chi connectivity index (χ1v) is 11.3. The maximum Gasteiger partial charge on any atom is 0.336 e. The maximum absolute atomic E-state index is 12.9. The second kappa shape index (κ2) is 21.6. The van der Waals surface area contributed by atoms with Crippen LogP contribution >= 0.6 is 24.2 Å². The van der Waals surface area contributed by atoms with Gasteiger partial charge in [0, 0.05) is 17.3 Å². The van der Waals surface area contributed by atoms with Crippen molar-refractivity contribution in [1.29, 1.82) is 0 Å². The standard InChI is InChI=1S/C20H25ClN2O5.C6H2S.3H2O/c1-4-28-20(25)18-15(11-27-10-9-22)23-12(2)16(19(24)26-3)17(18)13-7-5-6-8-14(13)21;1-2-3-4-5-6-7;;;/h5-8,17,23H,4,9-11,22H2,1-3H3;1,7H;3*1H2. The number of nitrogens with two attached hydrogens (primary N) is 1. The Kier molecular flexibility index (Phi) is 22.2. The number of carbonyl (C=O) groups excluding carboxylic acids is 2. The number of rotatable bonds is 8. The summed E-state index contributed by atoms with van der Waals surface area (Å²) < 4.78 is 15.8. The van der Waals surface area contributed by atoms with Crippen molar-refractivity contribution in [3.05, 3.63) is 57.4 Å².